The summed E-state index contributed by atoms with van der Waals surface area (Å²) in [6, 6.07) is 14.4. The monoisotopic (exact) mass is 478 g/mol. The predicted octanol–water partition coefficient (Wildman–Crippen LogP) is 3.53. The number of rotatable bonds is 5. The molecule has 2 aliphatic rings. The Morgan fingerprint density at radius 3 is 2.65 bits per heavy atom. The number of imide groups is 1. The van der Waals surface area contributed by atoms with Gasteiger partial charge in [-0.05, 0) is 43.2 Å². The zero-order valence-electron chi connectivity index (χ0n) is 18.2. The molecular formula is C24H22N4O5S. The number of oxazole rings is 1. The number of likely N-dealkylation sites (tertiary alicyclic amines) is 1. The van der Waals surface area contributed by atoms with Crippen molar-refractivity contribution in [3.8, 4) is 0 Å². The molecule has 1 unspecified atom stereocenters. The number of nitrogens with one attached hydrogen (secondary N) is 2. The van der Waals surface area contributed by atoms with Crippen molar-refractivity contribution in [2.75, 3.05) is 18.4 Å². The van der Waals surface area contributed by atoms with Gasteiger partial charge in [0, 0.05) is 36.7 Å². The number of para-hydroxylation sites is 2. The molecule has 2 N–H and O–H groups in total. The minimum Gasteiger partial charge on any atom is -0.440 e. The molecule has 4 amide bonds. The van der Waals surface area contributed by atoms with Gasteiger partial charge in [0.1, 0.15) is 10.8 Å². The van der Waals surface area contributed by atoms with E-state index in [1.54, 1.807) is 29.2 Å². The van der Waals surface area contributed by atoms with Crippen LogP contribution >= 0.6 is 11.8 Å². The van der Waals surface area contributed by atoms with Gasteiger partial charge in [0.05, 0.1) is 0 Å². The third-order valence-electron chi connectivity index (χ3n) is 5.97. The minimum atomic E-state index is -0.736. The van der Waals surface area contributed by atoms with E-state index < -0.39 is 22.3 Å². The summed E-state index contributed by atoms with van der Waals surface area (Å²) in [7, 11) is 0. The van der Waals surface area contributed by atoms with Gasteiger partial charge >= 0.3 is 0 Å². The van der Waals surface area contributed by atoms with Gasteiger partial charge in [0.25, 0.3) is 11.1 Å². The summed E-state index contributed by atoms with van der Waals surface area (Å²) in [6.07, 6.45) is 1.40. The van der Waals surface area contributed by atoms with Crippen LogP contribution in [-0.4, -0.2) is 51.2 Å². The maximum Gasteiger partial charge on any atom is 0.286 e. The van der Waals surface area contributed by atoms with Crippen LogP contribution in [0, 0.1) is 0 Å². The predicted molar refractivity (Wildman–Crippen MR) is 126 cm³/mol. The zero-order chi connectivity index (χ0) is 23.7. The summed E-state index contributed by atoms with van der Waals surface area (Å²) < 4.78 is 5.90. The van der Waals surface area contributed by atoms with Crippen LogP contribution in [0.15, 0.2) is 52.9 Å². The quantitative estimate of drug-likeness (QED) is 0.575. The van der Waals surface area contributed by atoms with E-state index >= 15 is 0 Å². The first-order valence-electron chi connectivity index (χ1n) is 11.0. The Kier molecular flexibility index (Phi) is 6.06. The highest BCUT2D eigenvalue weighted by atomic mass is 32.2. The van der Waals surface area contributed by atoms with E-state index in [-0.39, 0.29) is 18.2 Å². The van der Waals surface area contributed by atoms with Crippen LogP contribution in [0.5, 0.6) is 0 Å². The van der Waals surface area contributed by atoms with Gasteiger partial charge < -0.3 is 14.6 Å². The standard InChI is InChI=1S/C24H22N4O5S/c29-20(13-19-21(30)27-24(32)34-19)25-16-5-3-4-15(12-16)23(31)28-10-8-14(9-11-28)22-26-17-6-1-2-7-18(17)33-22/h1-7,12,14,19H,8-11,13H2,(H,25,29)(H,27,30,32). The van der Waals surface area contributed by atoms with Gasteiger partial charge in [0.15, 0.2) is 11.5 Å². The van der Waals surface area contributed by atoms with Gasteiger partial charge in [-0.15, -0.1) is 0 Å². The van der Waals surface area contributed by atoms with Crippen molar-refractivity contribution in [2.45, 2.75) is 30.4 Å². The van der Waals surface area contributed by atoms with Crippen molar-refractivity contribution in [1.82, 2.24) is 15.2 Å². The molecule has 2 saturated heterocycles. The summed E-state index contributed by atoms with van der Waals surface area (Å²) in [4.78, 5) is 54.7. The molecule has 0 bridgehead atoms. The van der Waals surface area contributed by atoms with Crippen molar-refractivity contribution < 1.29 is 23.6 Å². The van der Waals surface area contributed by atoms with Crippen molar-refractivity contribution in [2.24, 2.45) is 0 Å². The Morgan fingerprint density at radius 2 is 1.91 bits per heavy atom. The van der Waals surface area contributed by atoms with Gasteiger partial charge in [0.2, 0.25) is 11.8 Å². The smallest absolute Gasteiger partial charge is 0.286 e. The van der Waals surface area contributed by atoms with Crippen LogP contribution in [0.1, 0.15) is 41.4 Å². The molecule has 174 valence electrons. The molecule has 0 aliphatic carbocycles. The Bertz CT molecular complexity index is 1250. The van der Waals surface area contributed by atoms with Crippen molar-refractivity contribution in [3.63, 3.8) is 0 Å². The molecule has 10 heteroatoms. The lowest BCUT2D eigenvalue weighted by Gasteiger charge is -2.30. The Labute approximate surface area is 199 Å². The molecule has 1 atom stereocenters. The highest BCUT2D eigenvalue weighted by Crippen LogP contribution is 2.30. The van der Waals surface area contributed by atoms with E-state index in [0.29, 0.717) is 30.2 Å². The van der Waals surface area contributed by atoms with Crippen molar-refractivity contribution >= 4 is 51.5 Å². The van der Waals surface area contributed by atoms with Gasteiger partial charge in [-0.25, -0.2) is 4.98 Å². The number of piperidine rings is 1. The fraction of sp³-hybridized carbons (Fsp3) is 0.292. The molecule has 2 aromatic carbocycles. The molecule has 0 saturated carbocycles. The number of hydrogen-bond donors (Lipinski definition) is 2. The second-order valence-electron chi connectivity index (χ2n) is 8.30. The van der Waals surface area contributed by atoms with E-state index in [9.17, 15) is 19.2 Å². The maximum atomic E-state index is 13.1. The summed E-state index contributed by atoms with van der Waals surface area (Å²) in [5, 5.41) is 3.69. The molecular weight excluding hydrogens is 456 g/mol. The second kappa shape index (κ2) is 9.30. The van der Waals surface area contributed by atoms with Gasteiger partial charge in [-0.3, -0.25) is 24.5 Å². The van der Waals surface area contributed by atoms with E-state index in [0.717, 1.165) is 35.7 Å². The van der Waals surface area contributed by atoms with Gasteiger partial charge in [-0.2, -0.15) is 0 Å². The average molecular weight is 479 g/mol. The third kappa shape index (κ3) is 4.67. The molecule has 2 aliphatic heterocycles. The van der Waals surface area contributed by atoms with Crippen molar-refractivity contribution in [3.05, 3.63) is 60.0 Å². The highest BCUT2D eigenvalue weighted by Gasteiger charge is 2.33. The number of nitrogens with zero attached hydrogens (tertiary/aromatic N) is 2. The summed E-state index contributed by atoms with van der Waals surface area (Å²) in [5.74, 6) is -0.0849. The lowest BCUT2D eigenvalue weighted by atomic mass is 9.96. The fourth-order valence-corrected chi connectivity index (χ4v) is 5.03. The molecule has 2 fully saturated rings. The van der Waals surface area contributed by atoms with E-state index in [4.69, 9.17) is 4.42 Å². The number of benzene rings is 2. The van der Waals surface area contributed by atoms with Crippen molar-refractivity contribution in [1.29, 1.82) is 0 Å². The molecule has 5 rings (SSSR count). The number of carbonyl (C=O) groups is 4. The Balaban J connectivity index is 1.18. The number of aromatic nitrogens is 1. The lowest BCUT2D eigenvalue weighted by molar-refractivity contribution is -0.122. The number of thioether (sulfide) groups is 1. The number of carbonyl (C=O) groups excluding carboxylic acids is 4. The number of hydrogen-bond acceptors (Lipinski definition) is 7. The Hall–Kier alpha value is -3.66. The second-order valence-corrected chi connectivity index (χ2v) is 9.48. The normalized spacial score (nSPS) is 18.8. The molecule has 3 aromatic rings. The summed E-state index contributed by atoms with van der Waals surface area (Å²) >= 11 is 0.807. The van der Waals surface area contributed by atoms with Crippen LogP contribution in [-0.2, 0) is 9.59 Å². The fourth-order valence-electron chi connectivity index (χ4n) is 4.21. The molecule has 0 spiro atoms. The van der Waals surface area contributed by atoms with Crippen LogP contribution < -0.4 is 10.6 Å². The molecule has 9 nitrogen and oxygen atoms in total. The summed E-state index contributed by atoms with van der Waals surface area (Å²) in [5.41, 5.74) is 2.55. The SMILES string of the molecule is O=C(CC1SC(=O)NC1=O)Nc1cccc(C(=O)N2CCC(c3nc4ccccc4o3)CC2)c1. The van der Waals surface area contributed by atoms with Crippen LogP contribution in [0.25, 0.3) is 11.1 Å². The highest BCUT2D eigenvalue weighted by molar-refractivity contribution is 8.15. The third-order valence-corrected chi connectivity index (χ3v) is 6.95. The molecule has 0 radical (unpaired) electrons. The topological polar surface area (TPSA) is 122 Å². The first-order chi connectivity index (χ1) is 16.5. The molecule has 34 heavy (non-hydrogen) atoms. The largest absolute Gasteiger partial charge is 0.440 e. The van der Waals surface area contributed by atoms with Crippen LogP contribution in [0.4, 0.5) is 10.5 Å². The van der Waals surface area contributed by atoms with E-state index in [2.05, 4.69) is 15.6 Å². The van der Waals surface area contributed by atoms with Gasteiger partial charge in [-0.1, -0.05) is 30.0 Å². The lowest BCUT2D eigenvalue weighted by Crippen LogP contribution is -2.38. The van der Waals surface area contributed by atoms with E-state index in [1.807, 2.05) is 24.3 Å². The Morgan fingerprint density at radius 1 is 1.12 bits per heavy atom. The number of anilines is 1. The van der Waals surface area contributed by atoms with Crippen LogP contribution in [0.3, 0.4) is 0 Å². The molecule has 1 aromatic heterocycles. The first-order valence-corrected chi connectivity index (χ1v) is 11.9. The first kappa shape index (κ1) is 22.1. The summed E-state index contributed by atoms with van der Waals surface area (Å²) in [6.45, 7) is 1.17. The van der Waals surface area contributed by atoms with E-state index in [1.165, 1.54) is 0 Å². The van der Waals surface area contributed by atoms with Crippen LogP contribution in [0.2, 0.25) is 0 Å². The minimum absolute atomic E-state index is 0.108. The molecule has 3 heterocycles. The number of amides is 4. The maximum absolute atomic E-state index is 13.1. The average Bonchev–Trinajstić information content (AvgIpc) is 3.41. The number of fused-ring (bicyclic) bond motifs is 1. The zero-order valence-corrected chi connectivity index (χ0v) is 19.0.